The third kappa shape index (κ3) is 2.97. The summed E-state index contributed by atoms with van der Waals surface area (Å²) in [6.45, 7) is 4.82. The first-order chi connectivity index (χ1) is 10.2. The molecular weight excluding hydrogens is 258 g/mol. The molecule has 0 bridgehead atoms. The van der Waals surface area contributed by atoms with Crippen LogP contribution in [0.15, 0.2) is 66.7 Å². The molecule has 0 spiro atoms. The number of hydrogen-bond donors (Lipinski definition) is 0. The zero-order valence-electron chi connectivity index (χ0n) is 12.4. The molecule has 0 atom stereocenters. The molecular formula is C18H19N3. The number of hydrogen-bond acceptors (Lipinski definition) is 2. The van der Waals surface area contributed by atoms with Crippen LogP contribution in [-0.2, 0) is 6.67 Å². The molecule has 0 saturated heterocycles. The van der Waals surface area contributed by atoms with E-state index < -0.39 is 0 Å². The predicted octanol–water partition coefficient (Wildman–Crippen LogP) is 4.30. The van der Waals surface area contributed by atoms with Crippen LogP contribution in [0.1, 0.15) is 11.4 Å². The number of rotatable bonds is 4. The summed E-state index contributed by atoms with van der Waals surface area (Å²) in [6, 6.07) is 22.9. The van der Waals surface area contributed by atoms with Crippen LogP contribution in [0, 0.1) is 13.8 Å². The molecule has 21 heavy (non-hydrogen) atoms. The maximum Gasteiger partial charge on any atom is 0.117 e. The van der Waals surface area contributed by atoms with E-state index in [2.05, 4.69) is 71.5 Å². The van der Waals surface area contributed by atoms with Gasteiger partial charge in [0.25, 0.3) is 0 Å². The minimum Gasteiger partial charge on any atom is -0.321 e. The molecule has 1 heterocycles. The molecule has 3 nitrogen and oxygen atoms in total. The largest absolute Gasteiger partial charge is 0.321 e. The summed E-state index contributed by atoms with van der Waals surface area (Å²) in [5, 5.41) is 4.58. The van der Waals surface area contributed by atoms with Gasteiger partial charge in [-0.1, -0.05) is 36.4 Å². The summed E-state index contributed by atoms with van der Waals surface area (Å²) in [5.74, 6) is 0. The van der Waals surface area contributed by atoms with E-state index in [1.54, 1.807) is 0 Å². The highest BCUT2D eigenvalue weighted by atomic mass is 15.4. The molecule has 1 aromatic heterocycles. The van der Waals surface area contributed by atoms with Crippen LogP contribution in [0.3, 0.4) is 0 Å². The second kappa shape index (κ2) is 5.83. The number of aromatic nitrogens is 2. The highest BCUT2D eigenvalue weighted by Crippen LogP contribution is 2.25. The second-order valence-electron chi connectivity index (χ2n) is 5.17. The molecule has 0 aliphatic rings. The topological polar surface area (TPSA) is 21.1 Å². The number of para-hydroxylation sites is 2. The average Bonchev–Trinajstić information content (AvgIpc) is 2.84. The Balaban J connectivity index is 1.99. The van der Waals surface area contributed by atoms with Gasteiger partial charge in [0.15, 0.2) is 0 Å². The lowest BCUT2D eigenvalue weighted by molar-refractivity contribution is 0.602. The van der Waals surface area contributed by atoms with Crippen LogP contribution in [0.2, 0.25) is 0 Å². The van der Waals surface area contributed by atoms with Gasteiger partial charge in [0.1, 0.15) is 6.67 Å². The van der Waals surface area contributed by atoms with Crippen molar-refractivity contribution in [1.82, 2.24) is 9.78 Å². The SMILES string of the molecule is Cc1cc(C)n(CN(c2ccccc2)c2ccccc2)n1. The van der Waals surface area contributed by atoms with Crippen LogP contribution in [-0.4, -0.2) is 9.78 Å². The van der Waals surface area contributed by atoms with Gasteiger partial charge >= 0.3 is 0 Å². The van der Waals surface area contributed by atoms with Crippen molar-refractivity contribution in [3.8, 4) is 0 Å². The zero-order valence-corrected chi connectivity index (χ0v) is 12.4. The van der Waals surface area contributed by atoms with Crippen molar-refractivity contribution >= 4 is 11.4 Å². The van der Waals surface area contributed by atoms with Crippen molar-refractivity contribution < 1.29 is 0 Å². The van der Waals surface area contributed by atoms with E-state index in [9.17, 15) is 0 Å². The van der Waals surface area contributed by atoms with Crippen molar-refractivity contribution in [2.75, 3.05) is 4.90 Å². The van der Waals surface area contributed by atoms with Crippen molar-refractivity contribution in [2.45, 2.75) is 20.5 Å². The first kappa shape index (κ1) is 13.4. The van der Waals surface area contributed by atoms with Crippen LogP contribution in [0.25, 0.3) is 0 Å². The van der Waals surface area contributed by atoms with Crippen molar-refractivity contribution in [3.63, 3.8) is 0 Å². The molecule has 106 valence electrons. The number of nitrogens with zero attached hydrogens (tertiary/aromatic N) is 3. The normalized spacial score (nSPS) is 10.6. The smallest absolute Gasteiger partial charge is 0.117 e. The van der Waals surface area contributed by atoms with Gasteiger partial charge in [0, 0.05) is 17.1 Å². The van der Waals surface area contributed by atoms with Crippen molar-refractivity contribution in [3.05, 3.63) is 78.1 Å². The van der Waals surface area contributed by atoms with Crippen LogP contribution in [0.5, 0.6) is 0 Å². The highest BCUT2D eigenvalue weighted by molar-refractivity contribution is 5.62. The Morgan fingerprint density at radius 3 is 1.81 bits per heavy atom. The Morgan fingerprint density at radius 2 is 1.38 bits per heavy atom. The maximum atomic E-state index is 4.58. The molecule has 0 amide bonds. The molecule has 0 N–H and O–H groups in total. The standard InChI is InChI=1S/C18H19N3/c1-15-13-16(2)21(19-15)14-20(17-9-5-3-6-10-17)18-11-7-4-8-12-18/h3-13H,14H2,1-2H3. The highest BCUT2D eigenvalue weighted by Gasteiger charge is 2.11. The summed E-state index contributed by atoms with van der Waals surface area (Å²) >= 11 is 0. The van der Waals surface area contributed by atoms with Gasteiger partial charge in [-0.05, 0) is 44.2 Å². The molecule has 3 aromatic rings. The fourth-order valence-corrected chi connectivity index (χ4v) is 2.48. The van der Waals surface area contributed by atoms with Gasteiger partial charge in [0.05, 0.1) is 5.69 Å². The third-order valence-corrected chi connectivity index (χ3v) is 3.51. The first-order valence-electron chi connectivity index (χ1n) is 7.13. The number of aryl methyl sites for hydroxylation is 2. The van der Waals surface area contributed by atoms with E-state index in [0.29, 0.717) is 6.67 Å². The maximum absolute atomic E-state index is 4.58. The minimum absolute atomic E-state index is 0.702. The van der Waals surface area contributed by atoms with Crippen molar-refractivity contribution in [1.29, 1.82) is 0 Å². The van der Waals surface area contributed by atoms with Gasteiger partial charge in [-0.15, -0.1) is 0 Å². The van der Waals surface area contributed by atoms with E-state index >= 15 is 0 Å². The van der Waals surface area contributed by atoms with E-state index in [1.165, 1.54) is 5.69 Å². The molecule has 3 heteroatoms. The lowest BCUT2D eigenvalue weighted by atomic mass is 10.2. The van der Waals surface area contributed by atoms with E-state index in [1.807, 2.05) is 23.7 Å². The number of anilines is 2. The summed E-state index contributed by atoms with van der Waals surface area (Å²) < 4.78 is 2.04. The fourth-order valence-electron chi connectivity index (χ4n) is 2.48. The van der Waals surface area contributed by atoms with E-state index in [0.717, 1.165) is 17.1 Å². The second-order valence-corrected chi connectivity index (χ2v) is 5.17. The lowest BCUT2D eigenvalue weighted by Gasteiger charge is -2.25. The van der Waals surface area contributed by atoms with Crippen molar-refractivity contribution in [2.24, 2.45) is 0 Å². The molecule has 0 fully saturated rings. The molecule has 0 aliphatic heterocycles. The Bertz CT molecular complexity index is 662. The fraction of sp³-hybridized carbons (Fsp3) is 0.167. The van der Waals surface area contributed by atoms with Gasteiger partial charge in [-0.3, -0.25) is 0 Å². The Labute approximate surface area is 125 Å². The lowest BCUT2D eigenvalue weighted by Crippen LogP contribution is -2.22. The minimum atomic E-state index is 0.702. The molecule has 0 unspecified atom stereocenters. The Hall–Kier alpha value is -2.55. The van der Waals surface area contributed by atoms with E-state index in [-0.39, 0.29) is 0 Å². The van der Waals surface area contributed by atoms with Crippen LogP contribution < -0.4 is 4.90 Å². The van der Waals surface area contributed by atoms with Gasteiger partial charge in [-0.2, -0.15) is 5.10 Å². The van der Waals surface area contributed by atoms with Crippen LogP contribution >= 0.6 is 0 Å². The predicted molar refractivity (Wildman–Crippen MR) is 86.7 cm³/mol. The summed E-state index contributed by atoms with van der Waals surface area (Å²) in [6.07, 6.45) is 0. The molecule has 0 aliphatic carbocycles. The summed E-state index contributed by atoms with van der Waals surface area (Å²) in [7, 11) is 0. The van der Waals surface area contributed by atoms with Crippen LogP contribution in [0.4, 0.5) is 11.4 Å². The average molecular weight is 277 g/mol. The monoisotopic (exact) mass is 277 g/mol. The van der Waals surface area contributed by atoms with Gasteiger partial charge in [-0.25, -0.2) is 4.68 Å². The molecule has 3 rings (SSSR count). The van der Waals surface area contributed by atoms with Gasteiger partial charge < -0.3 is 4.90 Å². The quantitative estimate of drug-likeness (QED) is 0.709. The molecule has 0 saturated carbocycles. The Kier molecular flexibility index (Phi) is 3.73. The zero-order chi connectivity index (χ0) is 14.7. The first-order valence-corrected chi connectivity index (χ1v) is 7.13. The molecule has 0 radical (unpaired) electrons. The van der Waals surface area contributed by atoms with Gasteiger partial charge in [0.2, 0.25) is 0 Å². The summed E-state index contributed by atoms with van der Waals surface area (Å²) in [5.41, 5.74) is 4.55. The van der Waals surface area contributed by atoms with E-state index in [4.69, 9.17) is 0 Å². The molecule has 2 aromatic carbocycles. The number of benzene rings is 2. The Morgan fingerprint density at radius 1 is 0.857 bits per heavy atom. The summed E-state index contributed by atoms with van der Waals surface area (Å²) in [4.78, 5) is 2.26. The third-order valence-electron chi connectivity index (χ3n) is 3.51.